The Morgan fingerprint density at radius 2 is 1.85 bits per heavy atom. The summed E-state index contributed by atoms with van der Waals surface area (Å²) in [6.45, 7) is 6.99. The summed E-state index contributed by atoms with van der Waals surface area (Å²) in [6, 6.07) is 6.04. The van der Waals surface area contributed by atoms with Crippen LogP contribution in [0.15, 0.2) is 18.2 Å². The van der Waals surface area contributed by atoms with Gasteiger partial charge in [-0.15, -0.1) is 0 Å². The van der Waals surface area contributed by atoms with Crippen LogP contribution in [-0.2, 0) is 0 Å². The number of aromatic nitrogens is 3. The van der Waals surface area contributed by atoms with Gasteiger partial charge in [0.15, 0.2) is 0 Å². The molecule has 0 aliphatic rings. The fourth-order valence-corrected chi connectivity index (χ4v) is 1.89. The number of hydrogen-bond acceptors (Lipinski definition) is 5. The van der Waals surface area contributed by atoms with Gasteiger partial charge >= 0.3 is 0 Å². The van der Waals surface area contributed by atoms with Crippen LogP contribution >= 0.6 is 11.6 Å². The monoisotopic (exact) mass is 291 g/mol. The quantitative estimate of drug-likeness (QED) is 0.879. The van der Waals surface area contributed by atoms with Crippen molar-refractivity contribution >= 4 is 29.2 Å². The van der Waals surface area contributed by atoms with Crippen LogP contribution in [0.1, 0.15) is 24.5 Å². The van der Waals surface area contributed by atoms with E-state index in [4.69, 9.17) is 11.6 Å². The lowest BCUT2D eigenvalue weighted by molar-refractivity contribution is 0.940. The molecule has 0 saturated heterocycles. The standard InChI is InChI=1S/C14H18ClN5/c1-4-8-16-13-18-12(15)19-14(20-13)17-11-7-5-6-9(2)10(11)3/h5-7H,4,8H2,1-3H3,(H2,16,17,18,19,20). The minimum Gasteiger partial charge on any atom is -0.354 e. The first kappa shape index (κ1) is 14.5. The van der Waals surface area contributed by atoms with Gasteiger partial charge in [0.1, 0.15) is 0 Å². The minimum absolute atomic E-state index is 0.173. The Balaban J connectivity index is 2.24. The zero-order valence-electron chi connectivity index (χ0n) is 11.9. The molecule has 1 aromatic heterocycles. The van der Waals surface area contributed by atoms with Crippen molar-refractivity contribution in [1.29, 1.82) is 0 Å². The van der Waals surface area contributed by atoms with Crippen molar-refractivity contribution in [1.82, 2.24) is 15.0 Å². The highest BCUT2D eigenvalue weighted by atomic mass is 35.5. The fraction of sp³-hybridized carbons (Fsp3) is 0.357. The molecular formula is C14H18ClN5. The summed E-state index contributed by atoms with van der Waals surface area (Å²) in [5, 5.41) is 6.46. The molecule has 1 aromatic carbocycles. The van der Waals surface area contributed by atoms with E-state index in [9.17, 15) is 0 Å². The third kappa shape index (κ3) is 3.57. The average Bonchev–Trinajstić information content (AvgIpc) is 2.41. The highest BCUT2D eigenvalue weighted by Crippen LogP contribution is 2.21. The maximum Gasteiger partial charge on any atom is 0.233 e. The van der Waals surface area contributed by atoms with E-state index in [2.05, 4.69) is 52.4 Å². The van der Waals surface area contributed by atoms with E-state index in [0.717, 1.165) is 24.2 Å². The first-order chi connectivity index (χ1) is 9.60. The number of benzene rings is 1. The van der Waals surface area contributed by atoms with Crippen LogP contribution in [0.25, 0.3) is 0 Å². The van der Waals surface area contributed by atoms with Gasteiger partial charge in [-0.25, -0.2) is 0 Å². The highest BCUT2D eigenvalue weighted by Gasteiger charge is 2.07. The predicted molar refractivity (Wildman–Crippen MR) is 82.8 cm³/mol. The van der Waals surface area contributed by atoms with Crippen molar-refractivity contribution in [3.63, 3.8) is 0 Å². The molecule has 0 amide bonds. The van der Waals surface area contributed by atoms with Crippen molar-refractivity contribution in [2.45, 2.75) is 27.2 Å². The van der Waals surface area contributed by atoms with Crippen LogP contribution in [0.4, 0.5) is 17.6 Å². The second-order valence-electron chi connectivity index (χ2n) is 4.55. The Bertz CT molecular complexity index is 600. The summed E-state index contributed by atoms with van der Waals surface area (Å²) >= 11 is 5.92. The number of hydrogen-bond donors (Lipinski definition) is 2. The molecule has 106 valence electrons. The van der Waals surface area contributed by atoms with Crippen molar-refractivity contribution in [3.8, 4) is 0 Å². The Hall–Kier alpha value is -1.88. The first-order valence-corrected chi connectivity index (χ1v) is 6.96. The van der Waals surface area contributed by atoms with Gasteiger partial charge in [-0.3, -0.25) is 0 Å². The average molecular weight is 292 g/mol. The Kier molecular flexibility index (Phi) is 4.74. The molecule has 0 aliphatic carbocycles. The number of rotatable bonds is 5. The van der Waals surface area contributed by atoms with Gasteiger partial charge in [0, 0.05) is 12.2 Å². The number of nitrogens with one attached hydrogen (secondary N) is 2. The van der Waals surface area contributed by atoms with Crippen LogP contribution in [0.3, 0.4) is 0 Å². The lowest BCUT2D eigenvalue weighted by Crippen LogP contribution is -2.08. The molecule has 1 heterocycles. The van der Waals surface area contributed by atoms with Gasteiger partial charge < -0.3 is 10.6 Å². The summed E-state index contributed by atoms with van der Waals surface area (Å²) in [7, 11) is 0. The Morgan fingerprint density at radius 1 is 1.10 bits per heavy atom. The van der Waals surface area contributed by atoms with Crippen LogP contribution in [0.5, 0.6) is 0 Å². The molecule has 6 heteroatoms. The molecule has 0 atom stereocenters. The second-order valence-corrected chi connectivity index (χ2v) is 4.89. The van der Waals surface area contributed by atoms with Crippen LogP contribution in [-0.4, -0.2) is 21.5 Å². The second kappa shape index (κ2) is 6.52. The summed E-state index contributed by atoms with van der Waals surface area (Å²) in [5.74, 6) is 0.928. The van der Waals surface area contributed by atoms with Gasteiger partial charge in [0.05, 0.1) is 0 Å². The smallest absolute Gasteiger partial charge is 0.233 e. The van der Waals surface area contributed by atoms with E-state index in [1.165, 1.54) is 5.56 Å². The molecule has 0 saturated carbocycles. The minimum atomic E-state index is 0.173. The maximum absolute atomic E-state index is 5.92. The maximum atomic E-state index is 5.92. The molecule has 0 spiro atoms. The van der Waals surface area contributed by atoms with Gasteiger partial charge in [-0.1, -0.05) is 19.1 Å². The molecule has 20 heavy (non-hydrogen) atoms. The summed E-state index contributed by atoms with van der Waals surface area (Å²) < 4.78 is 0. The molecule has 0 unspecified atom stereocenters. The normalized spacial score (nSPS) is 10.4. The van der Waals surface area contributed by atoms with E-state index >= 15 is 0 Å². The number of halogens is 1. The first-order valence-electron chi connectivity index (χ1n) is 6.59. The highest BCUT2D eigenvalue weighted by molar-refractivity contribution is 6.28. The van der Waals surface area contributed by atoms with Crippen molar-refractivity contribution < 1.29 is 0 Å². The zero-order chi connectivity index (χ0) is 14.5. The van der Waals surface area contributed by atoms with Crippen molar-refractivity contribution in [2.75, 3.05) is 17.2 Å². The lowest BCUT2D eigenvalue weighted by Gasteiger charge is -2.11. The summed E-state index contributed by atoms with van der Waals surface area (Å²) in [6.07, 6.45) is 0.989. The third-order valence-corrected chi connectivity index (χ3v) is 3.16. The van der Waals surface area contributed by atoms with Gasteiger partial charge in [-0.05, 0) is 49.1 Å². The molecule has 0 fully saturated rings. The molecule has 5 nitrogen and oxygen atoms in total. The van der Waals surface area contributed by atoms with Crippen molar-refractivity contribution in [2.24, 2.45) is 0 Å². The fourth-order valence-electron chi connectivity index (χ4n) is 1.73. The molecule has 2 N–H and O–H groups in total. The lowest BCUT2D eigenvalue weighted by atomic mass is 10.1. The van der Waals surface area contributed by atoms with E-state index in [1.807, 2.05) is 12.1 Å². The molecule has 2 rings (SSSR count). The molecule has 0 aliphatic heterocycles. The number of nitrogens with zero attached hydrogens (tertiary/aromatic N) is 3. The van der Waals surface area contributed by atoms with E-state index < -0.39 is 0 Å². The SMILES string of the molecule is CCCNc1nc(Cl)nc(Nc2cccc(C)c2C)n1. The van der Waals surface area contributed by atoms with Crippen LogP contribution in [0, 0.1) is 13.8 Å². The van der Waals surface area contributed by atoms with Gasteiger partial charge in [0.25, 0.3) is 0 Å². The largest absolute Gasteiger partial charge is 0.354 e. The van der Waals surface area contributed by atoms with E-state index in [0.29, 0.717) is 11.9 Å². The van der Waals surface area contributed by atoms with Gasteiger partial charge in [0.2, 0.25) is 17.2 Å². The van der Waals surface area contributed by atoms with Crippen molar-refractivity contribution in [3.05, 3.63) is 34.6 Å². The molecule has 0 bridgehead atoms. The topological polar surface area (TPSA) is 62.7 Å². The summed E-state index contributed by atoms with van der Waals surface area (Å²) in [4.78, 5) is 12.5. The molecule has 2 aromatic rings. The summed E-state index contributed by atoms with van der Waals surface area (Å²) in [5.41, 5.74) is 3.33. The number of aryl methyl sites for hydroxylation is 1. The third-order valence-electron chi connectivity index (χ3n) is 2.99. The Labute approximate surface area is 123 Å². The van der Waals surface area contributed by atoms with Gasteiger partial charge in [-0.2, -0.15) is 15.0 Å². The zero-order valence-corrected chi connectivity index (χ0v) is 12.6. The Morgan fingerprint density at radius 3 is 2.60 bits per heavy atom. The van der Waals surface area contributed by atoms with Crippen LogP contribution in [0.2, 0.25) is 5.28 Å². The number of anilines is 3. The van der Waals surface area contributed by atoms with E-state index in [1.54, 1.807) is 0 Å². The van der Waals surface area contributed by atoms with Crippen LogP contribution < -0.4 is 10.6 Å². The van der Waals surface area contributed by atoms with E-state index in [-0.39, 0.29) is 5.28 Å². The predicted octanol–water partition coefficient (Wildman–Crippen LogP) is 3.71. The molecule has 0 radical (unpaired) electrons. The molecular weight excluding hydrogens is 274 g/mol.